The predicted octanol–water partition coefficient (Wildman–Crippen LogP) is 4.04. The van der Waals surface area contributed by atoms with Gasteiger partial charge in [0.2, 0.25) is 0 Å². The molecular weight excluding hydrogens is 398 g/mol. The molecule has 0 unspecified atom stereocenters. The third kappa shape index (κ3) is 3.50. The lowest BCUT2D eigenvalue weighted by molar-refractivity contribution is -0.138. The number of aromatic nitrogens is 1. The highest BCUT2D eigenvalue weighted by atomic mass is 16.2. The van der Waals surface area contributed by atoms with Crippen LogP contribution in [-0.4, -0.2) is 33.1 Å². The molecule has 2 aliphatic heterocycles. The zero-order valence-electron chi connectivity index (χ0n) is 18.3. The zero-order chi connectivity index (χ0) is 22.2. The highest BCUT2D eigenvalue weighted by Gasteiger charge is 2.42. The summed E-state index contributed by atoms with van der Waals surface area (Å²) in [5.74, 6) is -0.494. The van der Waals surface area contributed by atoms with Crippen molar-refractivity contribution in [3.05, 3.63) is 106 Å². The monoisotopic (exact) mass is 423 g/mol. The fraction of sp³-hybridized carbons (Fsp3) is 0.222. The smallest absolute Gasteiger partial charge is 0.278 e. The third-order valence-electron chi connectivity index (χ3n) is 6.43. The number of pyridine rings is 1. The number of hydrogen-bond acceptors (Lipinski definition) is 4. The molecule has 0 radical (unpaired) electrons. The van der Waals surface area contributed by atoms with E-state index in [2.05, 4.69) is 22.0 Å². The standard InChI is InChI=1S/C27H25N3O2/c1-18-10-11-21(15-19(18)2)24-25(29-14-12-20-7-3-4-8-22(20)16-29)27(32)30(26(24)31)17-23-9-5-6-13-28-23/h3-11,13,15H,12,14,16-17H2,1-2H3. The first-order chi connectivity index (χ1) is 15.5. The lowest BCUT2D eigenvalue weighted by Gasteiger charge is -2.31. The number of fused-ring (bicyclic) bond motifs is 1. The quantitative estimate of drug-likeness (QED) is 0.595. The molecule has 1 aromatic heterocycles. The first-order valence-electron chi connectivity index (χ1n) is 10.9. The number of rotatable bonds is 4. The molecule has 0 saturated heterocycles. The maximum atomic E-state index is 13.6. The van der Waals surface area contributed by atoms with Gasteiger partial charge in [-0.15, -0.1) is 0 Å². The molecule has 5 nitrogen and oxygen atoms in total. The first kappa shape index (κ1) is 20.2. The molecule has 0 N–H and O–H groups in total. The van der Waals surface area contributed by atoms with E-state index < -0.39 is 0 Å². The number of imide groups is 1. The number of aryl methyl sites for hydroxylation is 2. The van der Waals surface area contributed by atoms with Crippen molar-refractivity contribution in [1.82, 2.24) is 14.8 Å². The van der Waals surface area contributed by atoms with Crippen molar-refractivity contribution >= 4 is 17.4 Å². The number of benzene rings is 2. The number of carbonyl (C=O) groups excluding carboxylic acids is 2. The Balaban J connectivity index is 1.58. The van der Waals surface area contributed by atoms with Crippen molar-refractivity contribution in [2.45, 2.75) is 33.4 Å². The van der Waals surface area contributed by atoms with Gasteiger partial charge in [0.25, 0.3) is 11.8 Å². The minimum Gasteiger partial charge on any atom is -0.362 e. The van der Waals surface area contributed by atoms with E-state index in [1.54, 1.807) is 6.20 Å². The number of carbonyl (C=O) groups is 2. The second-order valence-corrected chi connectivity index (χ2v) is 8.48. The van der Waals surface area contributed by atoms with Gasteiger partial charge < -0.3 is 4.90 Å². The highest BCUT2D eigenvalue weighted by Crippen LogP contribution is 2.35. The van der Waals surface area contributed by atoms with Gasteiger partial charge in [-0.05, 0) is 60.2 Å². The lowest BCUT2D eigenvalue weighted by Crippen LogP contribution is -2.37. The predicted molar refractivity (Wildman–Crippen MR) is 123 cm³/mol. The molecule has 0 bridgehead atoms. The molecule has 2 amide bonds. The molecular formula is C27H25N3O2. The second-order valence-electron chi connectivity index (χ2n) is 8.48. The summed E-state index contributed by atoms with van der Waals surface area (Å²) in [7, 11) is 0. The van der Waals surface area contributed by atoms with Crippen molar-refractivity contribution < 1.29 is 9.59 Å². The first-order valence-corrected chi connectivity index (χ1v) is 10.9. The molecule has 0 spiro atoms. The minimum atomic E-state index is -0.252. The van der Waals surface area contributed by atoms with Crippen LogP contribution in [0.1, 0.15) is 33.5 Å². The van der Waals surface area contributed by atoms with Crippen LogP contribution in [0.3, 0.4) is 0 Å². The van der Waals surface area contributed by atoms with Crippen LogP contribution in [0.2, 0.25) is 0 Å². The maximum absolute atomic E-state index is 13.6. The summed E-state index contributed by atoms with van der Waals surface area (Å²) in [6.07, 6.45) is 2.53. The van der Waals surface area contributed by atoms with Crippen molar-refractivity contribution in [2.24, 2.45) is 0 Å². The fourth-order valence-corrected chi connectivity index (χ4v) is 4.50. The normalized spacial score (nSPS) is 16.1. The van der Waals surface area contributed by atoms with E-state index in [9.17, 15) is 9.59 Å². The number of amides is 2. The molecule has 3 aromatic rings. The second kappa shape index (κ2) is 8.08. The highest BCUT2D eigenvalue weighted by molar-refractivity contribution is 6.35. The summed E-state index contributed by atoms with van der Waals surface area (Å²) in [6, 6.07) is 19.8. The van der Waals surface area contributed by atoms with Crippen LogP contribution in [-0.2, 0) is 29.1 Å². The van der Waals surface area contributed by atoms with Gasteiger partial charge in [0, 0.05) is 19.3 Å². The minimum absolute atomic E-state index is 0.167. The van der Waals surface area contributed by atoms with Crippen molar-refractivity contribution in [2.75, 3.05) is 6.54 Å². The Labute approximate surface area is 188 Å². The molecule has 5 heteroatoms. The molecule has 0 fully saturated rings. The van der Waals surface area contributed by atoms with Crippen LogP contribution in [0.15, 0.2) is 72.6 Å². The topological polar surface area (TPSA) is 53.5 Å². The number of hydrogen-bond donors (Lipinski definition) is 0. The van der Waals surface area contributed by atoms with Gasteiger partial charge in [0.05, 0.1) is 17.8 Å². The summed E-state index contributed by atoms with van der Waals surface area (Å²) in [5.41, 5.74) is 7.25. The molecule has 32 heavy (non-hydrogen) atoms. The summed E-state index contributed by atoms with van der Waals surface area (Å²) < 4.78 is 0. The van der Waals surface area contributed by atoms with Crippen LogP contribution >= 0.6 is 0 Å². The molecule has 0 aliphatic carbocycles. The van der Waals surface area contributed by atoms with Crippen LogP contribution in [0, 0.1) is 13.8 Å². The molecule has 2 aliphatic rings. The van der Waals surface area contributed by atoms with Crippen molar-refractivity contribution in [3.63, 3.8) is 0 Å². The van der Waals surface area contributed by atoms with Gasteiger partial charge in [0.15, 0.2) is 0 Å². The average molecular weight is 424 g/mol. The molecule has 3 heterocycles. The van der Waals surface area contributed by atoms with Crippen molar-refractivity contribution in [3.8, 4) is 0 Å². The Bertz CT molecular complexity index is 1250. The summed E-state index contributed by atoms with van der Waals surface area (Å²) in [4.78, 5) is 35.0. The summed E-state index contributed by atoms with van der Waals surface area (Å²) in [6.45, 7) is 5.57. The Kier molecular flexibility index (Phi) is 5.10. The summed E-state index contributed by atoms with van der Waals surface area (Å²) >= 11 is 0. The van der Waals surface area contributed by atoms with E-state index in [1.165, 1.54) is 16.0 Å². The van der Waals surface area contributed by atoms with Gasteiger partial charge >= 0.3 is 0 Å². The number of nitrogens with zero attached hydrogens (tertiary/aromatic N) is 3. The van der Waals surface area contributed by atoms with E-state index >= 15 is 0 Å². The SMILES string of the molecule is Cc1ccc(C2=C(N3CCc4ccccc4C3)C(=O)N(Cc3ccccn3)C2=O)cc1C. The van der Waals surface area contributed by atoms with Gasteiger partial charge in [-0.2, -0.15) is 0 Å². The lowest BCUT2D eigenvalue weighted by atomic mass is 9.96. The van der Waals surface area contributed by atoms with E-state index in [-0.39, 0.29) is 18.4 Å². The van der Waals surface area contributed by atoms with Crippen molar-refractivity contribution in [1.29, 1.82) is 0 Å². The average Bonchev–Trinajstić information content (AvgIpc) is 3.06. The van der Waals surface area contributed by atoms with E-state index in [0.717, 1.165) is 23.1 Å². The van der Waals surface area contributed by atoms with Crippen LogP contribution in [0.4, 0.5) is 0 Å². The van der Waals surface area contributed by atoms with E-state index in [1.807, 2.05) is 62.4 Å². The van der Waals surface area contributed by atoms with Gasteiger partial charge in [-0.1, -0.05) is 48.5 Å². The Hall–Kier alpha value is -3.73. The zero-order valence-corrected chi connectivity index (χ0v) is 18.3. The van der Waals surface area contributed by atoms with E-state index in [4.69, 9.17) is 0 Å². The molecule has 2 aromatic carbocycles. The van der Waals surface area contributed by atoms with Crippen LogP contribution in [0.5, 0.6) is 0 Å². The summed E-state index contributed by atoms with van der Waals surface area (Å²) in [5, 5.41) is 0. The van der Waals surface area contributed by atoms with Crippen LogP contribution in [0.25, 0.3) is 5.57 Å². The van der Waals surface area contributed by atoms with Gasteiger partial charge in [0.1, 0.15) is 5.70 Å². The Morgan fingerprint density at radius 3 is 2.41 bits per heavy atom. The largest absolute Gasteiger partial charge is 0.362 e. The van der Waals surface area contributed by atoms with Crippen LogP contribution < -0.4 is 0 Å². The van der Waals surface area contributed by atoms with Gasteiger partial charge in [-0.25, -0.2) is 0 Å². The molecule has 160 valence electrons. The van der Waals surface area contributed by atoms with Gasteiger partial charge in [-0.3, -0.25) is 19.5 Å². The molecule has 0 atom stereocenters. The van der Waals surface area contributed by atoms with E-state index in [0.29, 0.717) is 30.1 Å². The third-order valence-corrected chi connectivity index (χ3v) is 6.43. The molecule has 5 rings (SSSR count). The Morgan fingerprint density at radius 1 is 0.875 bits per heavy atom. The molecule has 0 saturated carbocycles. The maximum Gasteiger partial charge on any atom is 0.278 e. The Morgan fingerprint density at radius 2 is 1.66 bits per heavy atom. The fourth-order valence-electron chi connectivity index (χ4n) is 4.50.